The fourth-order valence-corrected chi connectivity index (χ4v) is 2.36. The van der Waals surface area contributed by atoms with Crippen molar-refractivity contribution in [1.82, 2.24) is 9.97 Å². The van der Waals surface area contributed by atoms with E-state index in [0.29, 0.717) is 11.1 Å². The lowest BCUT2D eigenvalue weighted by Crippen LogP contribution is -2.27. The molecule has 7 nitrogen and oxygen atoms in total. The van der Waals surface area contributed by atoms with Crippen LogP contribution in [0.15, 0.2) is 78.3 Å². The highest BCUT2D eigenvalue weighted by atomic mass is 16.4. The summed E-state index contributed by atoms with van der Waals surface area (Å²) in [6, 6.07) is 8.96. The van der Waals surface area contributed by atoms with Crippen LogP contribution >= 0.6 is 0 Å². The van der Waals surface area contributed by atoms with Gasteiger partial charge in [0.1, 0.15) is 5.69 Å². The third-order valence-electron chi connectivity index (χ3n) is 3.53. The zero-order valence-electron chi connectivity index (χ0n) is 13.8. The standard InChI is InChI=1S/C19H17N3O4/c1-3-8-12(4-2)15(13-9-6-5-7-10-13)18(24)21-14-11-20-16(19(25)26)22-17(14)23/h3-11,15H,1-2H2,(H,21,24)(H,25,26)(H,20,22,23)/b12-8+. The number of nitrogens with one attached hydrogen (secondary N) is 2. The number of hydrogen-bond acceptors (Lipinski definition) is 4. The first-order chi connectivity index (χ1) is 12.5. The highest BCUT2D eigenvalue weighted by molar-refractivity contribution is 5.98. The summed E-state index contributed by atoms with van der Waals surface area (Å²) in [5.41, 5.74) is 0.383. The molecular weight excluding hydrogens is 334 g/mol. The van der Waals surface area contributed by atoms with Gasteiger partial charge in [-0.05, 0) is 11.1 Å². The predicted molar refractivity (Wildman–Crippen MR) is 98.1 cm³/mol. The number of benzene rings is 1. The summed E-state index contributed by atoms with van der Waals surface area (Å²) in [5.74, 6) is -3.10. The van der Waals surface area contributed by atoms with Crippen molar-refractivity contribution in [2.75, 3.05) is 5.32 Å². The molecule has 0 spiro atoms. The Kier molecular flexibility index (Phi) is 6.00. The molecule has 0 bridgehead atoms. The summed E-state index contributed by atoms with van der Waals surface area (Å²) >= 11 is 0. The lowest BCUT2D eigenvalue weighted by atomic mass is 9.89. The Bertz CT molecular complexity index is 929. The van der Waals surface area contributed by atoms with E-state index in [4.69, 9.17) is 5.11 Å². The Morgan fingerprint density at radius 1 is 1.23 bits per heavy atom. The zero-order chi connectivity index (χ0) is 19.1. The largest absolute Gasteiger partial charge is 0.475 e. The van der Waals surface area contributed by atoms with Gasteiger partial charge in [0.05, 0.1) is 12.1 Å². The maximum Gasteiger partial charge on any atom is 0.372 e. The molecule has 1 aromatic carbocycles. The smallest absolute Gasteiger partial charge is 0.372 e. The fourth-order valence-electron chi connectivity index (χ4n) is 2.36. The molecule has 7 heteroatoms. The zero-order valence-corrected chi connectivity index (χ0v) is 13.8. The highest BCUT2D eigenvalue weighted by Crippen LogP contribution is 2.26. The molecule has 1 aromatic heterocycles. The molecule has 0 saturated heterocycles. The number of carbonyl (C=O) groups excluding carboxylic acids is 1. The third-order valence-corrected chi connectivity index (χ3v) is 3.53. The van der Waals surface area contributed by atoms with Crippen LogP contribution in [0, 0.1) is 0 Å². The number of aromatic nitrogens is 2. The topological polar surface area (TPSA) is 112 Å². The Morgan fingerprint density at radius 2 is 1.92 bits per heavy atom. The Hall–Kier alpha value is -3.74. The van der Waals surface area contributed by atoms with Crippen molar-refractivity contribution in [3.05, 3.63) is 95.2 Å². The van der Waals surface area contributed by atoms with Crippen LogP contribution in [0.5, 0.6) is 0 Å². The van der Waals surface area contributed by atoms with E-state index in [0.717, 1.165) is 6.20 Å². The molecule has 0 radical (unpaired) electrons. The predicted octanol–water partition coefficient (Wildman–Crippen LogP) is 2.49. The van der Waals surface area contributed by atoms with E-state index in [1.807, 2.05) is 6.07 Å². The average molecular weight is 351 g/mol. The van der Waals surface area contributed by atoms with Crippen molar-refractivity contribution < 1.29 is 14.7 Å². The van der Waals surface area contributed by atoms with Gasteiger partial charge in [0, 0.05) is 0 Å². The first-order valence-electron chi connectivity index (χ1n) is 7.61. The monoisotopic (exact) mass is 351 g/mol. The molecule has 0 saturated carbocycles. The number of hydrogen-bond donors (Lipinski definition) is 3. The molecule has 0 aliphatic rings. The molecule has 26 heavy (non-hydrogen) atoms. The van der Waals surface area contributed by atoms with E-state index in [1.54, 1.807) is 30.3 Å². The summed E-state index contributed by atoms with van der Waals surface area (Å²) in [4.78, 5) is 41.3. The van der Waals surface area contributed by atoms with Crippen LogP contribution in [0.4, 0.5) is 5.69 Å². The first kappa shape index (κ1) is 18.6. The quantitative estimate of drug-likeness (QED) is 0.664. The minimum absolute atomic E-state index is 0.150. The molecule has 0 aliphatic carbocycles. The number of rotatable bonds is 7. The van der Waals surface area contributed by atoms with Crippen LogP contribution in [0.3, 0.4) is 0 Å². The van der Waals surface area contributed by atoms with Crippen LogP contribution in [0.2, 0.25) is 0 Å². The second-order valence-corrected chi connectivity index (χ2v) is 5.22. The number of aromatic amines is 1. The maximum absolute atomic E-state index is 12.8. The highest BCUT2D eigenvalue weighted by Gasteiger charge is 2.24. The minimum atomic E-state index is -1.37. The summed E-state index contributed by atoms with van der Waals surface area (Å²) < 4.78 is 0. The first-order valence-corrected chi connectivity index (χ1v) is 7.61. The Labute approximate surface area is 149 Å². The van der Waals surface area contributed by atoms with Crippen LogP contribution in [-0.4, -0.2) is 27.0 Å². The molecule has 1 heterocycles. The normalized spacial score (nSPS) is 12.1. The van der Waals surface area contributed by atoms with Crippen LogP contribution in [-0.2, 0) is 4.79 Å². The van der Waals surface area contributed by atoms with Gasteiger partial charge in [0.2, 0.25) is 11.7 Å². The van der Waals surface area contributed by atoms with Gasteiger partial charge in [-0.25, -0.2) is 9.78 Å². The van der Waals surface area contributed by atoms with E-state index in [2.05, 4.69) is 28.4 Å². The molecule has 0 aliphatic heterocycles. The van der Waals surface area contributed by atoms with Crippen LogP contribution < -0.4 is 10.9 Å². The van der Waals surface area contributed by atoms with Crippen molar-refractivity contribution in [2.24, 2.45) is 0 Å². The van der Waals surface area contributed by atoms with Gasteiger partial charge in [-0.3, -0.25) is 14.6 Å². The van der Waals surface area contributed by atoms with Gasteiger partial charge in [0.25, 0.3) is 5.56 Å². The Morgan fingerprint density at radius 3 is 2.46 bits per heavy atom. The molecule has 132 valence electrons. The number of carboxylic acids is 1. The lowest BCUT2D eigenvalue weighted by molar-refractivity contribution is -0.116. The van der Waals surface area contributed by atoms with Crippen molar-refractivity contribution >= 4 is 17.6 Å². The number of H-pyrrole nitrogens is 1. The van der Waals surface area contributed by atoms with E-state index < -0.39 is 29.2 Å². The number of aromatic carboxylic acids is 1. The van der Waals surface area contributed by atoms with Gasteiger partial charge in [-0.2, -0.15) is 0 Å². The van der Waals surface area contributed by atoms with Crippen molar-refractivity contribution in [3.8, 4) is 0 Å². The van der Waals surface area contributed by atoms with Crippen molar-refractivity contribution in [1.29, 1.82) is 0 Å². The summed E-state index contributed by atoms with van der Waals surface area (Å²) in [6.07, 6.45) is 5.73. The van der Waals surface area contributed by atoms with Gasteiger partial charge in [-0.15, -0.1) is 0 Å². The summed E-state index contributed by atoms with van der Waals surface area (Å²) in [6.45, 7) is 7.35. The molecule has 2 rings (SSSR count). The van der Waals surface area contributed by atoms with Gasteiger partial charge in [-0.1, -0.05) is 61.7 Å². The minimum Gasteiger partial charge on any atom is -0.475 e. The van der Waals surface area contributed by atoms with Crippen LogP contribution in [0.25, 0.3) is 0 Å². The second-order valence-electron chi connectivity index (χ2n) is 5.22. The second kappa shape index (κ2) is 8.39. The van der Waals surface area contributed by atoms with Gasteiger partial charge < -0.3 is 10.4 Å². The number of carboxylic acid groups (broad SMARTS) is 1. The van der Waals surface area contributed by atoms with Crippen LogP contribution in [0.1, 0.15) is 22.1 Å². The maximum atomic E-state index is 12.8. The molecule has 1 atom stereocenters. The van der Waals surface area contributed by atoms with E-state index in [9.17, 15) is 14.4 Å². The fraction of sp³-hybridized carbons (Fsp3) is 0.0526. The number of anilines is 1. The number of amides is 1. The van der Waals surface area contributed by atoms with Crippen molar-refractivity contribution in [2.45, 2.75) is 5.92 Å². The molecule has 0 fully saturated rings. The number of nitrogens with zero attached hydrogens (tertiary/aromatic N) is 1. The molecule has 1 amide bonds. The third kappa shape index (κ3) is 4.21. The summed E-state index contributed by atoms with van der Waals surface area (Å²) in [5, 5.41) is 11.3. The average Bonchev–Trinajstić information content (AvgIpc) is 2.63. The van der Waals surface area contributed by atoms with Gasteiger partial charge in [0.15, 0.2) is 0 Å². The van der Waals surface area contributed by atoms with E-state index in [-0.39, 0.29) is 5.69 Å². The van der Waals surface area contributed by atoms with E-state index in [1.165, 1.54) is 12.2 Å². The van der Waals surface area contributed by atoms with Gasteiger partial charge >= 0.3 is 5.97 Å². The number of carbonyl (C=O) groups is 2. The van der Waals surface area contributed by atoms with E-state index >= 15 is 0 Å². The van der Waals surface area contributed by atoms with Crippen molar-refractivity contribution in [3.63, 3.8) is 0 Å². The SMILES string of the molecule is C=C/C=C(\C=C)C(C(=O)Nc1cnc(C(=O)O)[nH]c1=O)c1ccccc1. The molecular formula is C19H17N3O4. The molecule has 2 aromatic rings. The summed E-state index contributed by atoms with van der Waals surface area (Å²) in [7, 11) is 0. The molecule has 3 N–H and O–H groups in total. The Balaban J connectivity index is 2.40. The number of allylic oxidation sites excluding steroid dienone is 3. The lowest BCUT2D eigenvalue weighted by Gasteiger charge is -2.18. The molecule has 1 unspecified atom stereocenters.